The Kier molecular flexibility index (Phi) is 1.71. The highest BCUT2D eigenvalue weighted by molar-refractivity contribution is 5.88. The lowest BCUT2D eigenvalue weighted by atomic mass is 10.2. The average molecular weight is 217 g/mol. The molecule has 0 bridgehead atoms. The minimum absolute atomic E-state index is 0.160. The third-order valence-electron chi connectivity index (χ3n) is 2.84. The van der Waals surface area contributed by atoms with Crippen molar-refractivity contribution >= 4 is 17.3 Å². The smallest absolute Gasteiger partial charge is 0.356 e. The number of hydrogen-bond acceptors (Lipinski definition) is 3. The van der Waals surface area contributed by atoms with Crippen LogP contribution in [0.15, 0.2) is 18.3 Å². The Hall–Kier alpha value is -2.04. The van der Waals surface area contributed by atoms with Crippen LogP contribution in [-0.2, 0) is 0 Å². The predicted molar refractivity (Wildman–Crippen MR) is 58.5 cm³/mol. The quantitative estimate of drug-likeness (QED) is 0.798. The Morgan fingerprint density at radius 3 is 2.88 bits per heavy atom. The molecule has 0 radical (unpaired) electrons. The normalized spacial score (nSPS) is 15.5. The average Bonchev–Trinajstić information content (AvgIpc) is 2.99. The van der Waals surface area contributed by atoms with Crippen LogP contribution >= 0.6 is 0 Å². The number of imidazole rings is 1. The number of hydrogen-bond donors (Lipinski definition) is 2. The molecule has 1 saturated carbocycles. The van der Waals surface area contributed by atoms with Gasteiger partial charge in [0.1, 0.15) is 5.65 Å². The van der Waals surface area contributed by atoms with Crippen molar-refractivity contribution in [3.05, 3.63) is 29.7 Å². The van der Waals surface area contributed by atoms with Gasteiger partial charge in [0.25, 0.3) is 0 Å². The van der Waals surface area contributed by atoms with Crippen LogP contribution in [0.25, 0.3) is 5.65 Å². The van der Waals surface area contributed by atoms with Crippen LogP contribution in [0.3, 0.4) is 0 Å². The summed E-state index contributed by atoms with van der Waals surface area (Å²) in [6.45, 7) is 0. The topological polar surface area (TPSA) is 80.6 Å². The highest BCUT2D eigenvalue weighted by atomic mass is 16.4. The fourth-order valence-corrected chi connectivity index (χ4v) is 1.98. The molecule has 2 aromatic rings. The largest absolute Gasteiger partial charge is 0.476 e. The Morgan fingerprint density at radius 2 is 2.25 bits per heavy atom. The number of nitrogen functional groups attached to an aromatic ring is 1. The number of pyridine rings is 1. The van der Waals surface area contributed by atoms with Crippen molar-refractivity contribution in [1.29, 1.82) is 0 Å². The van der Waals surface area contributed by atoms with E-state index in [2.05, 4.69) is 4.98 Å². The summed E-state index contributed by atoms with van der Waals surface area (Å²) < 4.78 is 1.80. The van der Waals surface area contributed by atoms with Gasteiger partial charge in [-0.3, -0.25) is 0 Å². The summed E-state index contributed by atoms with van der Waals surface area (Å²) in [7, 11) is 0. The first kappa shape index (κ1) is 9.21. The molecule has 3 N–H and O–H groups in total. The maximum Gasteiger partial charge on any atom is 0.356 e. The maximum atomic E-state index is 11.1. The molecule has 2 heterocycles. The monoisotopic (exact) mass is 217 g/mol. The molecule has 0 atom stereocenters. The van der Waals surface area contributed by atoms with Gasteiger partial charge in [-0.05, 0) is 25.0 Å². The maximum absolute atomic E-state index is 11.1. The van der Waals surface area contributed by atoms with Crippen LogP contribution in [0.2, 0.25) is 0 Å². The number of aromatic nitrogens is 2. The Bertz CT molecular complexity index is 584. The minimum Gasteiger partial charge on any atom is -0.476 e. The molecule has 0 aliphatic heterocycles. The summed E-state index contributed by atoms with van der Waals surface area (Å²) in [5.41, 5.74) is 7.91. The predicted octanol–water partition coefficient (Wildman–Crippen LogP) is 1.49. The van der Waals surface area contributed by atoms with Crippen LogP contribution in [0, 0.1) is 0 Å². The third-order valence-corrected chi connectivity index (χ3v) is 2.84. The first-order valence-corrected chi connectivity index (χ1v) is 5.17. The molecule has 16 heavy (non-hydrogen) atoms. The van der Waals surface area contributed by atoms with Crippen molar-refractivity contribution in [1.82, 2.24) is 9.38 Å². The number of anilines is 1. The van der Waals surface area contributed by atoms with Crippen molar-refractivity contribution < 1.29 is 9.90 Å². The zero-order chi connectivity index (χ0) is 11.3. The van der Waals surface area contributed by atoms with Crippen molar-refractivity contribution in [2.24, 2.45) is 0 Å². The standard InChI is InChI=1S/C11H11N3O2/c12-7-3-4-8-13-9(11(15)16)10(6-1-2-6)14(8)5-7/h3-6H,1-2,12H2,(H,15,16). The van der Waals surface area contributed by atoms with E-state index in [9.17, 15) is 4.79 Å². The number of nitrogens with two attached hydrogens (primary N) is 1. The van der Waals surface area contributed by atoms with Crippen molar-refractivity contribution in [3.63, 3.8) is 0 Å². The summed E-state index contributed by atoms with van der Waals surface area (Å²) in [6, 6.07) is 3.47. The van der Waals surface area contributed by atoms with E-state index in [1.165, 1.54) is 0 Å². The van der Waals surface area contributed by atoms with E-state index in [-0.39, 0.29) is 5.69 Å². The fraction of sp³-hybridized carbons (Fsp3) is 0.273. The molecule has 0 saturated heterocycles. The Balaban J connectivity index is 2.33. The van der Waals surface area contributed by atoms with E-state index in [0.29, 0.717) is 17.3 Å². The lowest BCUT2D eigenvalue weighted by Gasteiger charge is -2.01. The molecule has 1 fully saturated rings. The number of rotatable bonds is 2. The van der Waals surface area contributed by atoms with Crippen LogP contribution in [0.5, 0.6) is 0 Å². The van der Waals surface area contributed by atoms with Gasteiger partial charge in [0, 0.05) is 17.8 Å². The van der Waals surface area contributed by atoms with Crippen LogP contribution in [0.4, 0.5) is 5.69 Å². The number of carboxylic acids is 1. The molecule has 82 valence electrons. The van der Waals surface area contributed by atoms with Crippen molar-refractivity contribution in [2.45, 2.75) is 18.8 Å². The molecule has 0 aromatic carbocycles. The van der Waals surface area contributed by atoms with Gasteiger partial charge >= 0.3 is 5.97 Å². The number of fused-ring (bicyclic) bond motifs is 1. The van der Waals surface area contributed by atoms with Gasteiger partial charge < -0.3 is 15.2 Å². The third kappa shape index (κ3) is 1.25. The van der Waals surface area contributed by atoms with Crippen LogP contribution < -0.4 is 5.73 Å². The lowest BCUT2D eigenvalue weighted by molar-refractivity contribution is 0.0690. The van der Waals surface area contributed by atoms with E-state index >= 15 is 0 Å². The van der Waals surface area contributed by atoms with E-state index < -0.39 is 5.97 Å². The number of nitrogens with zero attached hydrogens (tertiary/aromatic N) is 2. The molecule has 3 rings (SSSR count). The zero-order valence-electron chi connectivity index (χ0n) is 8.55. The minimum atomic E-state index is -0.968. The molecule has 0 unspecified atom stereocenters. The van der Waals surface area contributed by atoms with Gasteiger partial charge in [-0.1, -0.05) is 0 Å². The van der Waals surface area contributed by atoms with Gasteiger partial charge in [-0.25, -0.2) is 9.78 Å². The summed E-state index contributed by atoms with van der Waals surface area (Å²) in [6.07, 6.45) is 3.80. The van der Waals surface area contributed by atoms with Gasteiger partial charge in [0.05, 0.1) is 5.69 Å². The van der Waals surface area contributed by atoms with E-state index in [4.69, 9.17) is 10.8 Å². The van der Waals surface area contributed by atoms with Gasteiger partial charge in [-0.15, -0.1) is 0 Å². The molecule has 5 nitrogen and oxygen atoms in total. The first-order chi connectivity index (χ1) is 7.66. The second kappa shape index (κ2) is 2.98. The van der Waals surface area contributed by atoms with Gasteiger partial charge in [-0.2, -0.15) is 0 Å². The highest BCUT2D eigenvalue weighted by Crippen LogP contribution is 2.42. The SMILES string of the molecule is Nc1ccc2nc(C(=O)O)c(C3CC3)n2c1. The zero-order valence-corrected chi connectivity index (χ0v) is 8.55. The molecule has 0 spiro atoms. The fourth-order valence-electron chi connectivity index (χ4n) is 1.98. The summed E-state index contributed by atoms with van der Waals surface area (Å²) in [4.78, 5) is 15.2. The summed E-state index contributed by atoms with van der Waals surface area (Å²) in [5, 5.41) is 9.11. The molecule has 1 aliphatic carbocycles. The Morgan fingerprint density at radius 1 is 1.50 bits per heavy atom. The number of aromatic carboxylic acids is 1. The molecular weight excluding hydrogens is 206 g/mol. The molecule has 2 aromatic heterocycles. The van der Waals surface area contributed by atoms with Gasteiger partial charge in [0.2, 0.25) is 0 Å². The summed E-state index contributed by atoms with van der Waals surface area (Å²) >= 11 is 0. The van der Waals surface area contributed by atoms with E-state index in [1.807, 2.05) is 0 Å². The lowest BCUT2D eigenvalue weighted by Crippen LogP contribution is -2.02. The van der Waals surface area contributed by atoms with Crippen LogP contribution in [0.1, 0.15) is 34.9 Å². The number of carbonyl (C=O) groups is 1. The highest BCUT2D eigenvalue weighted by Gasteiger charge is 2.32. The second-order valence-electron chi connectivity index (χ2n) is 4.12. The molecule has 5 heteroatoms. The van der Waals surface area contributed by atoms with Crippen molar-refractivity contribution in [3.8, 4) is 0 Å². The molecular formula is C11H11N3O2. The first-order valence-electron chi connectivity index (χ1n) is 5.17. The van der Waals surface area contributed by atoms with Crippen LogP contribution in [-0.4, -0.2) is 20.5 Å². The summed E-state index contributed by atoms with van der Waals surface area (Å²) in [5.74, 6) is -0.646. The van der Waals surface area contributed by atoms with Gasteiger partial charge in [0.15, 0.2) is 5.69 Å². The van der Waals surface area contributed by atoms with Crippen molar-refractivity contribution in [2.75, 3.05) is 5.73 Å². The Labute approximate surface area is 91.5 Å². The van der Waals surface area contributed by atoms with E-state index in [0.717, 1.165) is 18.5 Å². The molecule has 0 amide bonds. The number of carboxylic acid groups (broad SMARTS) is 1. The molecule has 1 aliphatic rings. The second-order valence-corrected chi connectivity index (χ2v) is 4.12. The van der Waals surface area contributed by atoms with E-state index in [1.54, 1.807) is 22.7 Å².